The normalized spacial score (nSPS) is 26.7. The number of esters is 1. The van der Waals surface area contributed by atoms with Crippen LogP contribution >= 0.6 is 0 Å². The van der Waals surface area contributed by atoms with Crippen LogP contribution in [0.4, 0.5) is 5.69 Å². The van der Waals surface area contributed by atoms with Crippen molar-refractivity contribution in [2.45, 2.75) is 90.2 Å². The second-order valence-corrected chi connectivity index (χ2v) is 12.7. The zero-order chi connectivity index (χ0) is 32.3. The minimum absolute atomic E-state index is 0.128. The molecule has 1 spiro atoms. The molecular weight excluding hydrogens is 562 g/mol. The Labute approximate surface area is 260 Å². The van der Waals surface area contributed by atoms with Crippen molar-refractivity contribution in [1.29, 1.82) is 0 Å². The molecule has 3 saturated heterocycles. The van der Waals surface area contributed by atoms with Crippen molar-refractivity contribution in [2.75, 3.05) is 24.6 Å². The van der Waals surface area contributed by atoms with E-state index in [1.54, 1.807) is 24.0 Å². The van der Waals surface area contributed by atoms with Crippen molar-refractivity contribution in [3.63, 3.8) is 0 Å². The monoisotopic (exact) mass is 609 g/mol. The molecule has 1 aromatic carbocycles. The minimum atomic E-state index is -1.25. The maximum atomic E-state index is 14.8. The van der Waals surface area contributed by atoms with E-state index in [9.17, 15) is 24.3 Å². The van der Waals surface area contributed by atoms with Crippen LogP contribution in [0.5, 0.6) is 0 Å². The highest BCUT2D eigenvalue weighted by molar-refractivity contribution is 6.05. The van der Waals surface area contributed by atoms with Gasteiger partial charge in [-0.15, -0.1) is 13.2 Å². The molecule has 0 radical (unpaired) electrons. The molecule has 0 saturated carbocycles. The first-order valence-electron chi connectivity index (χ1n) is 15.6. The van der Waals surface area contributed by atoms with Crippen molar-refractivity contribution in [1.82, 2.24) is 10.2 Å². The fourth-order valence-corrected chi connectivity index (χ4v) is 7.31. The number of allylic oxidation sites excluding steroid dienone is 1. The van der Waals surface area contributed by atoms with E-state index in [1.807, 2.05) is 45.9 Å². The Morgan fingerprint density at radius 2 is 1.89 bits per heavy atom. The van der Waals surface area contributed by atoms with Crippen LogP contribution in [0.25, 0.3) is 0 Å². The Morgan fingerprint density at radius 3 is 2.48 bits per heavy atom. The standard InChI is InChI=1S/C34H47N3O7/c1-8-10-14-26(39)35-18-23(7)43-33(42)27-25-15-16-34(44-25)28(27)31(40)37(24(19-38)20(3)4)30(34)32(41)36(17-9-2)29-21(5)12-11-13-22(29)6/h8-9,11-13,20,23-25,27-28,30,38H,1-2,10,14-19H2,3-7H3,(H,35,39)/t23-,24-,25-,27+,28+,30-,34+/m0/s1. The van der Waals surface area contributed by atoms with Crippen LogP contribution in [0.3, 0.4) is 0 Å². The van der Waals surface area contributed by atoms with Crippen LogP contribution < -0.4 is 10.2 Å². The minimum Gasteiger partial charge on any atom is -0.460 e. The second-order valence-electron chi connectivity index (χ2n) is 12.7. The van der Waals surface area contributed by atoms with Gasteiger partial charge in [0.05, 0.1) is 37.1 Å². The smallest absolute Gasteiger partial charge is 0.312 e. The fourth-order valence-electron chi connectivity index (χ4n) is 7.31. The zero-order valence-corrected chi connectivity index (χ0v) is 26.6. The Balaban J connectivity index is 1.69. The molecule has 0 aliphatic carbocycles. The van der Waals surface area contributed by atoms with Gasteiger partial charge < -0.3 is 29.7 Å². The SMILES string of the molecule is C=CCCC(=O)NC[C@H](C)OC(=O)[C@@H]1[C@@H]2CC[C@]3(O2)[C@H](C(=O)N(CC=C)c2c(C)cccc2C)N([C@@H](CO)C(C)C)C(=O)[C@@H]13. The number of ether oxygens (including phenoxy) is 2. The van der Waals surface area contributed by atoms with Gasteiger partial charge in [-0.05, 0) is 57.1 Å². The summed E-state index contributed by atoms with van der Waals surface area (Å²) in [6.45, 7) is 16.8. The number of aryl methyl sites for hydroxylation is 2. The molecule has 10 nitrogen and oxygen atoms in total. The maximum absolute atomic E-state index is 14.8. The first-order chi connectivity index (χ1) is 20.9. The summed E-state index contributed by atoms with van der Waals surface area (Å²) in [5.41, 5.74) is 1.29. The lowest BCUT2D eigenvalue weighted by atomic mass is 9.70. The Hall–Kier alpha value is -3.50. The number of carbonyl (C=O) groups excluding carboxylic acids is 4. The number of fused-ring (bicyclic) bond motifs is 1. The van der Waals surface area contributed by atoms with Gasteiger partial charge in [0.25, 0.3) is 5.91 Å². The van der Waals surface area contributed by atoms with Gasteiger partial charge in [0, 0.05) is 18.7 Å². The number of rotatable bonds is 14. The number of nitrogens with zero attached hydrogens (tertiary/aromatic N) is 2. The van der Waals surface area contributed by atoms with E-state index in [2.05, 4.69) is 18.5 Å². The number of likely N-dealkylation sites (tertiary alicyclic amines) is 1. The number of benzene rings is 1. The number of aliphatic hydroxyl groups is 1. The zero-order valence-electron chi connectivity index (χ0n) is 26.6. The predicted octanol–water partition coefficient (Wildman–Crippen LogP) is 3.23. The summed E-state index contributed by atoms with van der Waals surface area (Å²) in [4.78, 5) is 58.1. The van der Waals surface area contributed by atoms with Crippen LogP contribution in [0.2, 0.25) is 0 Å². The summed E-state index contributed by atoms with van der Waals surface area (Å²) < 4.78 is 12.3. The van der Waals surface area contributed by atoms with Crippen LogP contribution in [0.15, 0.2) is 43.5 Å². The number of carbonyl (C=O) groups is 4. The lowest BCUT2D eigenvalue weighted by molar-refractivity contribution is -0.160. The van der Waals surface area contributed by atoms with Crippen LogP contribution in [-0.4, -0.2) is 83.3 Å². The molecule has 7 atom stereocenters. The Bertz CT molecular complexity index is 1280. The van der Waals surface area contributed by atoms with E-state index in [4.69, 9.17) is 9.47 Å². The molecule has 44 heavy (non-hydrogen) atoms. The summed E-state index contributed by atoms with van der Waals surface area (Å²) in [7, 11) is 0. The number of hydrogen-bond acceptors (Lipinski definition) is 7. The maximum Gasteiger partial charge on any atom is 0.312 e. The van der Waals surface area contributed by atoms with E-state index >= 15 is 0 Å². The van der Waals surface area contributed by atoms with E-state index in [0.29, 0.717) is 25.7 Å². The largest absolute Gasteiger partial charge is 0.460 e. The summed E-state index contributed by atoms with van der Waals surface area (Å²) in [5, 5.41) is 13.3. The van der Waals surface area contributed by atoms with Gasteiger partial charge in [0.2, 0.25) is 11.8 Å². The first kappa shape index (κ1) is 33.4. The molecule has 2 N–H and O–H groups in total. The molecule has 3 aliphatic rings. The third-order valence-corrected chi connectivity index (χ3v) is 9.32. The summed E-state index contributed by atoms with van der Waals surface area (Å²) in [6.07, 6.45) is 3.84. The number of anilines is 1. The number of hydrogen-bond donors (Lipinski definition) is 2. The summed E-state index contributed by atoms with van der Waals surface area (Å²) >= 11 is 0. The number of aliphatic hydroxyl groups excluding tert-OH is 1. The van der Waals surface area contributed by atoms with Crippen molar-refractivity contribution in [3.8, 4) is 0 Å². The molecule has 2 bridgehead atoms. The highest BCUT2D eigenvalue weighted by Gasteiger charge is 2.76. The van der Waals surface area contributed by atoms with E-state index in [1.165, 1.54) is 4.90 Å². The topological polar surface area (TPSA) is 125 Å². The summed E-state index contributed by atoms with van der Waals surface area (Å²) in [6, 6.07) is 4.08. The lowest BCUT2D eigenvalue weighted by Crippen LogP contribution is -2.60. The Kier molecular flexibility index (Phi) is 10.4. The third kappa shape index (κ3) is 5.94. The molecule has 3 fully saturated rings. The lowest BCUT2D eigenvalue weighted by Gasteiger charge is -2.41. The van der Waals surface area contributed by atoms with Crippen LogP contribution in [-0.2, 0) is 28.7 Å². The van der Waals surface area contributed by atoms with Gasteiger partial charge in [0.1, 0.15) is 17.7 Å². The predicted molar refractivity (Wildman–Crippen MR) is 167 cm³/mol. The van der Waals surface area contributed by atoms with Crippen LogP contribution in [0.1, 0.15) is 57.6 Å². The molecule has 1 aromatic rings. The molecule has 4 rings (SSSR count). The van der Waals surface area contributed by atoms with Crippen molar-refractivity contribution >= 4 is 29.4 Å². The molecule has 240 valence electrons. The molecule has 0 unspecified atom stereocenters. The van der Waals surface area contributed by atoms with Crippen molar-refractivity contribution < 1.29 is 33.8 Å². The van der Waals surface area contributed by atoms with Gasteiger partial charge in [-0.2, -0.15) is 0 Å². The van der Waals surface area contributed by atoms with Gasteiger partial charge >= 0.3 is 5.97 Å². The molecule has 3 amide bonds. The summed E-state index contributed by atoms with van der Waals surface area (Å²) in [5.74, 6) is -3.49. The molecular formula is C34H47N3O7. The average Bonchev–Trinajstić information content (AvgIpc) is 3.62. The fraction of sp³-hybridized carbons (Fsp3) is 0.588. The molecule has 0 aromatic heterocycles. The van der Waals surface area contributed by atoms with E-state index in [-0.39, 0.29) is 43.3 Å². The number of para-hydroxylation sites is 1. The van der Waals surface area contributed by atoms with Gasteiger partial charge in [0.15, 0.2) is 0 Å². The highest BCUT2D eigenvalue weighted by atomic mass is 16.6. The third-order valence-electron chi connectivity index (χ3n) is 9.32. The van der Waals surface area contributed by atoms with Gasteiger partial charge in [-0.1, -0.05) is 44.2 Å². The van der Waals surface area contributed by atoms with Crippen molar-refractivity contribution in [2.24, 2.45) is 17.8 Å². The molecule has 10 heteroatoms. The van der Waals surface area contributed by atoms with E-state index in [0.717, 1.165) is 16.8 Å². The Morgan fingerprint density at radius 1 is 1.20 bits per heavy atom. The quantitative estimate of drug-likeness (QED) is 0.245. The van der Waals surface area contributed by atoms with E-state index < -0.39 is 47.7 Å². The molecule has 3 heterocycles. The van der Waals surface area contributed by atoms with Crippen molar-refractivity contribution in [3.05, 3.63) is 54.6 Å². The number of nitrogens with one attached hydrogen (secondary N) is 1. The van der Waals surface area contributed by atoms with Gasteiger partial charge in [-0.3, -0.25) is 19.2 Å². The number of amides is 3. The van der Waals surface area contributed by atoms with Crippen LogP contribution in [0, 0.1) is 31.6 Å². The first-order valence-corrected chi connectivity index (χ1v) is 15.6. The highest BCUT2D eigenvalue weighted by Crippen LogP contribution is 2.59. The second kappa shape index (κ2) is 13.6. The van der Waals surface area contributed by atoms with Gasteiger partial charge in [-0.25, -0.2) is 0 Å². The average molecular weight is 610 g/mol. The molecule has 3 aliphatic heterocycles.